The quantitative estimate of drug-likeness (QED) is 0.678. The summed E-state index contributed by atoms with van der Waals surface area (Å²) < 4.78 is 38.9. The summed E-state index contributed by atoms with van der Waals surface area (Å²) in [6.45, 7) is 6.17. The molecule has 9 nitrogen and oxygen atoms in total. The van der Waals surface area contributed by atoms with E-state index in [2.05, 4.69) is 15.3 Å². The molecule has 32 heavy (non-hydrogen) atoms. The maximum absolute atomic E-state index is 14.1. The van der Waals surface area contributed by atoms with Crippen LogP contribution in [0, 0.1) is 23.0 Å². The normalized spacial score (nSPS) is 15.0. The smallest absolute Gasteiger partial charge is 0.474 e. The lowest BCUT2D eigenvalue weighted by Gasteiger charge is -2.30. The van der Waals surface area contributed by atoms with E-state index in [-0.39, 0.29) is 29.1 Å². The minimum atomic E-state index is -0.845. The number of hydrogen-bond donors (Lipinski definition) is 1. The first-order chi connectivity index (χ1) is 15.1. The zero-order valence-electron chi connectivity index (χ0n) is 17.9. The highest BCUT2D eigenvalue weighted by Gasteiger charge is 2.26. The van der Waals surface area contributed by atoms with Gasteiger partial charge in [-0.1, -0.05) is 0 Å². The van der Waals surface area contributed by atoms with Gasteiger partial charge in [-0.3, -0.25) is 0 Å². The molecule has 0 aliphatic carbocycles. The van der Waals surface area contributed by atoms with E-state index in [0.717, 1.165) is 12.1 Å². The van der Waals surface area contributed by atoms with Crippen LogP contribution in [0.15, 0.2) is 24.5 Å². The van der Waals surface area contributed by atoms with Crippen LogP contribution in [0.3, 0.4) is 0 Å². The number of nitrogens with one attached hydrogen (secondary N) is 1. The van der Waals surface area contributed by atoms with E-state index in [1.54, 1.807) is 26.8 Å². The Kier molecular flexibility index (Phi) is 7.05. The Balaban J connectivity index is 1.54. The summed E-state index contributed by atoms with van der Waals surface area (Å²) in [5, 5.41) is 12.9. The number of carbonyl (C=O) groups excluding carboxylic acids is 1. The monoisotopic (exact) mass is 447 g/mol. The van der Waals surface area contributed by atoms with Crippen molar-refractivity contribution in [1.29, 1.82) is 5.26 Å². The maximum Gasteiger partial charge on any atom is 0.528 e. The Morgan fingerprint density at radius 3 is 2.56 bits per heavy atom. The topological polar surface area (TPSA) is 110 Å². The standard InChI is InChI=1S/C21H23F2N5O4/c1-21(2,3)31-20(29)32-28-6-4-14(5-7-28)30-19-10-18(25-12-26-19)27-17-9-15(22)13(11-24)8-16(17)23/h8-10,12,14H,4-7H2,1-3H3,(H,25,26,27). The molecule has 1 fully saturated rings. The Morgan fingerprint density at radius 1 is 1.19 bits per heavy atom. The van der Waals surface area contributed by atoms with E-state index in [4.69, 9.17) is 19.6 Å². The van der Waals surface area contributed by atoms with Crippen molar-refractivity contribution >= 4 is 17.7 Å². The molecule has 0 atom stereocenters. The molecule has 2 aromatic rings. The molecular formula is C21H23F2N5O4. The van der Waals surface area contributed by atoms with Crippen molar-refractivity contribution in [1.82, 2.24) is 15.0 Å². The van der Waals surface area contributed by atoms with Gasteiger partial charge in [-0.2, -0.15) is 5.26 Å². The lowest BCUT2D eigenvalue weighted by Crippen LogP contribution is -2.40. The molecule has 1 aliphatic heterocycles. The van der Waals surface area contributed by atoms with Gasteiger partial charge in [0.25, 0.3) is 0 Å². The Morgan fingerprint density at radius 2 is 1.91 bits per heavy atom. The first kappa shape index (κ1) is 23.1. The van der Waals surface area contributed by atoms with E-state index < -0.39 is 23.4 Å². The Hall–Kier alpha value is -3.52. The van der Waals surface area contributed by atoms with Crippen molar-refractivity contribution in [2.75, 3.05) is 18.4 Å². The average molecular weight is 447 g/mol. The molecule has 0 bridgehead atoms. The molecule has 1 aromatic carbocycles. The van der Waals surface area contributed by atoms with Gasteiger partial charge in [-0.05, 0) is 26.8 Å². The SMILES string of the molecule is CC(C)(C)OC(=O)ON1CCC(Oc2cc(Nc3cc(F)c(C#N)cc3F)ncn2)CC1. The zero-order valence-corrected chi connectivity index (χ0v) is 17.9. The minimum absolute atomic E-state index is 0.168. The molecule has 1 saturated heterocycles. The summed E-state index contributed by atoms with van der Waals surface area (Å²) in [6.07, 6.45) is 1.45. The van der Waals surface area contributed by atoms with Crippen LogP contribution < -0.4 is 10.1 Å². The van der Waals surface area contributed by atoms with Gasteiger partial charge in [0.15, 0.2) is 0 Å². The van der Waals surface area contributed by atoms with E-state index in [1.807, 2.05) is 0 Å². The van der Waals surface area contributed by atoms with Crippen LogP contribution in [0.5, 0.6) is 5.88 Å². The molecule has 0 unspecified atom stereocenters. The number of piperidine rings is 1. The molecule has 1 aliphatic rings. The van der Waals surface area contributed by atoms with Gasteiger partial charge in [-0.25, -0.2) is 23.5 Å². The second-order valence-electron chi connectivity index (χ2n) is 8.09. The number of halogens is 2. The van der Waals surface area contributed by atoms with Gasteiger partial charge in [-0.15, -0.1) is 5.06 Å². The van der Waals surface area contributed by atoms with Gasteiger partial charge in [0.05, 0.1) is 11.3 Å². The van der Waals surface area contributed by atoms with Gasteiger partial charge in [0.2, 0.25) is 5.88 Å². The molecule has 11 heteroatoms. The molecule has 0 spiro atoms. The number of ether oxygens (including phenoxy) is 2. The number of rotatable bonds is 5. The van der Waals surface area contributed by atoms with Crippen molar-refractivity contribution in [2.24, 2.45) is 0 Å². The summed E-state index contributed by atoms with van der Waals surface area (Å²) in [6, 6.07) is 4.73. The molecule has 0 amide bonds. The third-order valence-corrected chi connectivity index (χ3v) is 4.36. The van der Waals surface area contributed by atoms with E-state index in [0.29, 0.717) is 25.9 Å². The third kappa shape index (κ3) is 6.49. The van der Waals surface area contributed by atoms with Crippen molar-refractivity contribution in [2.45, 2.75) is 45.3 Å². The fraction of sp³-hybridized carbons (Fsp3) is 0.429. The highest BCUT2D eigenvalue weighted by Crippen LogP contribution is 2.24. The molecule has 2 heterocycles. The second kappa shape index (κ2) is 9.74. The number of hydrogen-bond acceptors (Lipinski definition) is 9. The highest BCUT2D eigenvalue weighted by molar-refractivity contribution is 5.60. The summed E-state index contributed by atoms with van der Waals surface area (Å²) in [5.74, 6) is -1.18. The summed E-state index contributed by atoms with van der Waals surface area (Å²) in [4.78, 5) is 25.0. The number of nitrogens with zero attached hydrogens (tertiary/aromatic N) is 4. The molecule has 0 radical (unpaired) electrons. The predicted molar refractivity (Wildman–Crippen MR) is 109 cm³/mol. The number of aromatic nitrogens is 2. The van der Waals surface area contributed by atoms with Crippen LogP contribution in [0.1, 0.15) is 39.2 Å². The van der Waals surface area contributed by atoms with Crippen LogP contribution in [0.2, 0.25) is 0 Å². The first-order valence-electron chi connectivity index (χ1n) is 9.94. The third-order valence-electron chi connectivity index (χ3n) is 4.36. The first-order valence-corrected chi connectivity index (χ1v) is 9.94. The molecule has 0 saturated carbocycles. The minimum Gasteiger partial charge on any atom is -0.474 e. The number of anilines is 2. The van der Waals surface area contributed by atoms with Crippen LogP contribution in [0.25, 0.3) is 0 Å². The Labute approximate surface area is 183 Å². The lowest BCUT2D eigenvalue weighted by atomic mass is 10.1. The number of hydroxylamine groups is 2. The molecule has 3 rings (SSSR count). The second-order valence-corrected chi connectivity index (χ2v) is 8.09. The van der Waals surface area contributed by atoms with Crippen LogP contribution in [0.4, 0.5) is 25.1 Å². The number of benzene rings is 1. The maximum atomic E-state index is 14.1. The van der Waals surface area contributed by atoms with Crippen LogP contribution in [-0.4, -0.2) is 46.0 Å². The highest BCUT2D eigenvalue weighted by atomic mass is 19.1. The van der Waals surface area contributed by atoms with Crippen molar-refractivity contribution in [3.05, 3.63) is 41.7 Å². The fourth-order valence-corrected chi connectivity index (χ4v) is 2.92. The molecule has 170 valence electrons. The van der Waals surface area contributed by atoms with Gasteiger partial charge < -0.3 is 19.6 Å². The van der Waals surface area contributed by atoms with Crippen LogP contribution in [-0.2, 0) is 9.57 Å². The summed E-state index contributed by atoms with van der Waals surface area (Å²) in [7, 11) is 0. The van der Waals surface area contributed by atoms with Gasteiger partial charge in [0.1, 0.15) is 41.6 Å². The van der Waals surface area contributed by atoms with E-state index in [9.17, 15) is 13.6 Å². The summed E-state index contributed by atoms with van der Waals surface area (Å²) in [5.41, 5.74) is -1.19. The van der Waals surface area contributed by atoms with Gasteiger partial charge >= 0.3 is 6.16 Å². The molecular weight excluding hydrogens is 424 g/mol. The van der Waals surface area contributed by atoms with Crippen molar-refractivity contribution in [3.63, 3.8) is 0 Å². The van der Waals surface area contributed by atoms with Crippen molar-refractivity contribution in [3.8, 4) is 11.9 Å². The van der Waals surface area contributed by atoms with E-state index >= 15 is 0 Å². The zero-order chi connectivity index (χ0) is 23.3. The predicted octanol–water partition coefficient (Wildman–Crippen LogP) is 4.08. The van der Waals surface area contributed by atoms with E-state index in [1.165, 1.54) is 17.5 Å². The largest absolute Gasteiger partial charge is 0.528 e. The number of nitriles is 1. The fourth-order valence-electron chi connectivity index (χ4n) is 2.92. The lowest BCUT2D eigenvalue weighted by molar-refractivity contribution is -0.159. The molecule has 1 aromatic heterocycles. The summed E-state index contributed by atoms with van der Waals surface area (Å²) >= 11 is 0. The number of carbonyl (C=O) groups is 1. The Bertz CT molecular complexity index is 1010. The average Bonchev–Trinajstić information content (AvgIpc) is 2.71. The molecule has 1 N–H and O–H groups in total. The van der Waals surface area contributed by atoms with Gasteiger partial charge in [0, 0.05) is 38.1 Å². The van der Waals surface area contributed by atoms with Crippen LogP contribution >= 0.6 is 0 Å². The van der Waals surface area contributed by atoms with Crippen molar-refractivity contribution < 1.29 is 27.9 Å².